The fraction of sp³-hybridized carbons (Fsp3) is 0.261. The zero-order chi connectivity index (χ0) is 22.2. The minimum absolute atomic E-state index is 0.0808. The molecule has 1 amide bonds. The van der Waals surface area contributed by atoms with E-state index in [2.05, 4.69) is 4.99 Å². The molecule has 0 unspecified atom stereocenters. The van der Waals surface area contributed by atoms with Crippen molar-refractivity contribution in [3.63, 3.8) is 0 Å². The number of carbonyl (C=O) groups is 2. The van der Waals surface area contributed by atoms with Crippen LogP contribution in [0.4, 0.5) is 5.69 Å². The molecule has 0 spiro atoms. The predicted octanol–water partition coefficient (Wildman–Crippen LogP) is 4.56. The predicted molar refractivity (Wildman–Crippen MR) is 122 cm³/mol. The van der Waals surface area contributed by atoms with E-state index in [0.29, 0.717) is 29.0 Å². The lowest BCUT2D eigenvalue weighted by molar-refractivity contribution is -0.139. The molecule has 1 heterocycles. The molecular formula is C23H24N2O5S. The Kier molecular flexibility index (Phi) is 7.72. The molecule has 1 aliphatic heterocycles. The molecule has 2 aromatic carbocycles. The first-order valence-electron chi connectivity index (χ1n) is 9.97. The van der Waals surface area contributed by atoms with E-state index in [1.165, 1.54) is 11.8 Å². The van der Waals surface area contributed by atoms with Crippen molar-refractivity contribution in [2.45, 2.75) is 20.3 Å². The fourth-order valence-corrected chi connectivity index (χ4v) is 3.89. The summed E-state index contributed by atoms with van der Waals surface area (Å²) < 4.78 is 10.6. The number of hydrogen-bond acceptors (Lipinski definition) is 6. The number of carboxylic acid groups (broad SMARTS) is 1. The first-order chi connectivity index (χ1) is 15.0. The summed E-state index contributed by atoms with van der Waals surface area (Å²) in [6, 6.07) is 14.4. The Balaban J connectivity index is 1.79. The Morgan fingerprint density at radius 1 is 1.06 bits per heavy atom. The second-order valence-corrected chi connectivity index (χ2v) is 7.65. The van der Waals surface area contributed by atoms with Gasteiger partial charge >= 0.3 is 5.97 Å². The number of benzene rings is 2. The largest absolute Gasteiger partial charge is 0.494 e. The number of rotatable bonds is 9. The molecule has 0 bridgehead atoms. The lowest BCUT2D eigenvalue weighted by Crippen LogP contribution is -2.29. The standard InChI is InChI=1S/C23H24N2O5S/c1-3-13-25-22(28)20(14-16-5-9-19(10-6-16)30-15-21(26)27)31-23(25)24-17-7-11-18(12-8-17)29-4-2/h5-12,14H,3-4,13,15H2,1-2H3,(H,26,27)/b20-14+,24-23?. The topological polar surface area (TPSA) is 88.4 Å². The van der Waals surface area contributed by atoms with Gasteiger partial charge in [-0.05, 0) is 73.1 Å². The molecule has 0 saturated carbocycles. The molecule has 162 valence electrons. The van der Waals surface area contributed by atoms with Gasteiger partial charge in [-0.2, -0.15) is 0 Å². The maximum absolute atomic E-state index is 12.9. The molecule has 31 heavy (non-hydrogen) atoms. The highest BCUT2D eigenvalue weighted by molar-refractivity contribution is 8.18. The van der Waals surface area contributed by atoms with E-state index in [4.69, 9.17) is 14.6 Å². The quantitative estimate of drug-likeness (QED) is 0.575. The van der Waals surface area contributed by atoms with Gasteiger partial charge in [-0.3, -0.25) is 9.69 Å². The Labute approximate surface area is 185 Å². The van der Waals surface area contributed by atoms with Crippen molar-refractivity contribution in [1.82, 2.24) is 4.90 Å². The van der Waals surface area contributed by atoms with E-state index in [-0.39, 0.29) is 5.91 Å². The van der Waals surface area contributed by atoms with Crippen LogP contribution in [-0.4, -0.2) is 46.8 Å². The lowest BCUT2D eigenvalue weighted by Gasteiger charge is -2.14. The second kappa shape index (κ2) is 10.7. The van der Waals surface area contributed by atoms with Crippen LogP contribution in [-0.2, 0) is 9.59 Å². The first kappa shape index (κ1) is 22.4. The van der Waals surface area contributed by atoms with Gasteiger partial charge in [0, 0.05) is 6.54 Å². The van der Waals surface area contributed by atoms with E-state index in [9.17, 15) is 9.59 Å². The highest BCUT2D eigenvalue weighted by Gasteiger charge is 2.32. The summed E-state index contributed by atoms with van der Waals surface area (Å²) in [4.78, 5) is 30.5. The molecule has 8 heteroatoms. The van der Waals surface area contributed by atoms with Crippen LogP contribution < -0.4 is 9.47 Å². The SMILES string of the molecule is CCCN1C(=O)/C(=C\c2ccc(OCC(=O)O)cc2)SC1=Nc1ccc(OCC)cc1. The summed E-state index contributed by atoms with van der Waals surface area (Å²) in [6.45, 7) is 4.74. The number of carboxylic acids is 1. The van der Waals surface area contributed by atoms with Gasteiger partial charge in [0.15, 0.2) is 11.8 Å². The molecule has 2 aromatic rings. The van der Waals surface area contributed by atoms with Crippen LogP contribution >= 0.6 is 11.8 Å². The van der Waals surface area contributed by atoms with Crippen LogP contribution in [0, 0.1) is 0 Å². The zero-order valence-corrected chi connectivity index (χ0v) is 18.2. The molecule has 0 aliphatic carbocycles. The molecule has 0 aromatic heterocycles. The van der Waals surface area contributed by atoms with Gasteiger partial charge in [-0.25, -0.2) is 9.79 Å². The van der Waals surface area contributed by atoms with E-state index in [1.54, 1.807) is 35.2 Å². The number of aliphatic imine (C=N–C) groups is 1. The molecule has 0 atom stereocenters. The summed E-state index contributed by atoms with van der Waals surface area (Å²) in [5.41, 5.74) is 1.57. The number of hydrogen-bond donors (Lipinski definition) is 1. The molecule has 1 fully saturated rings. The third kappa shape index (κ3) is 6.11. The second-order valence-electron chi connectivity index (χ2n) is 6.64. The van der Waals surface area contributed by atoms with Crippen LogP contribution in [0.1, 0.15) is 25.8 Å². The average molecular weight is 441 g/mol. The van der Waals surface area contributed by atoms with Crippen molar-refractivity contribution < 1.29 is 24.2 Å². The Bertz CT molecular complexity index is 984. The Morgan fingerprint density at radius 2 is 1.71 bits per heavy atom. The number of amides is 1. The van der Waals surface area contributed by atoms with Gasteiger partial charge in [-0.1, -0.05) is 19.1 Å². The molecule has 1 saturated heterocycles. The van der Waals surface area contributed by atoms with Crippen LogP contribution in [0.2, 0.25) is 0 Å². The maximum Gasteiger partial charge on any atom is 0.341 e. The third-order valence-electron chi connectivity index (χ3n) is 4.25. The smallest absolute Gasteiger partial charge is 0.341 e. The van der Waals surface area contributed by atoms with Gasteiger partial charge in [0.05, 0.1) is 17.2 Å². The van der Waals surface area contributed by atoms with Crippen molar-refractivity contribution in [2.24, 2.45) is 4.99 Å². The van der Waals surface area contributed by atoms with Crippen molar-refractivity contribution in [1.29, 1.82) is 0 Å². The zero-order valence-electron chi connectivity index (χ0n) is 17.4. The van der Waals surface area contributed by atoms with Crippen molar-refractivity contribution >= 4 is 40.6 Å². The van der Waals surface area contributed by atoms with Gasteiger partial charge < -0.3 is 14.6 Å². The van der Waals surface area contributed by atoms with E-state index < -0.39 is 12.6 Å². The number of aliphatic carboxylic acids is 1. The molecule has 1 N–H and O–H groups in total. The molecule has 3 rings (SSSR count). The first-order valence-corrected chi connectivity index (χ1v) is 10.8. The summed E-state index contributed by atoms with van der Waals surface area (Å²) in [6.07, 6.45) is 2.62. The van der Waals surface area contributed by atoms with Gasteiger partial charge in [0.1, 0.15) is 11.5 Å². The highest BCUT2D eigenvalue weighted by Crippen LogP contribution is 2.34. The minimum Gasteiger partial charge on any atom is -0.494 e. The molecule has 0 radical (unpaired) electrons. The maximum atomic E-state index is 12.9. The summed E-state index contributed by atoms with van der Waals surface area (Å²) >= 11 is 1.34. The van der Waals surface area contributed by atoms with E-state index in [1.807, 2.05) is 38.1 Å². The van der Waals surface area contributed by atoms with Gasteiger partial charge in [0.25, 0.3) is 5.91 Å². The fourth-order valence-electron chi connectivity index (χ4n) is 2.86. The number of ether oxygens (including phenoxy) is 2. The Hall–Kier alpha value is -3.26. The monoisotopic (exact) mass is 440 g/mol. The van der Waals surface area contributed by atoms with Crippen molar-refractivity contribution in [3.05, 3.63) is 59.0 Å². The normalized spacial score (nSPS) is 16.2. The van der Waals surface area contributed by atoms with Crippen LogP contribution in [0.5, 0.6) is 11.5 Å². The van der Waals surface area contributed by atoms with Crippen LogP contribution in [0.3, 0.4) is 0 Å². The van der Waals surface area contributed by atoms with Crippen LogP contribution in [0.15, 0.2) is 58.4 Å². The lowest BCUT2D eigenvalue weighted by atomic mass is 10.2. The van der Waals surface area contributed by atoms with Gasteiger partial charge in [-0.15, -0.1) is 0 Å². The minimum atomic E-state index is -1.03. The number of thioether (sulfide) groups is 1. The molecular weight excluding hydrogens is 416 g/mol. The van der Waals surface area contributed by atoms with E-state index >= 15 is 0 Å². The molecule has 7 nitrogen and oxygen atoms in total. The number of amidine groups is 1. The van der Waals surface area contributed by atoms with Crippen molar-refractivity contribution in [3.8, 4) is 11.5 Å². The molecule has 1 aliphatic rings. The summed E-state index contributed by atoms with van der Waals surface area (Å²) in [7, 11) is 0. The van der Waals surface area contributed by atoms with Crippen molar-refractivity contribution in [2.75, 3.05) is 19.8 Å². The highest BCUT2D eigenvalue weighted by atomic mass is 32.2. The van der Waals surface area contributed by atoms with Crippen LogP contribution in [0.25, 0.3) is 6.08 Å². The Morgan fingerprint density at radius 3 is 2.32 bits per heavy atom. The third-order valence-corrected chi connectivity index (χ3v) is 5.25. The number of nitrogens with zero attached hydrogens (tertiary/aromatic N) is 2. The number of carbonyl (C=O) groups excluding carboxylic acids is 1. The summed E-state index contributed by atoms with van der Waals surface area (Å²) in [5.74, 6) is 0.126. The summed E-state index contributed by atoms with van der Waals surface area (Å²) in [5, 5.41) is 9.33. The van der Waals surface area contributed by atoms with Gasteiger partial charge in [0.2, 0.25) is 0 Å². The average Bonchev–Trinajstić information content (AvgIpc) is 3.04. The van der Waals surface area contributed by atoms with E-state index in [0.717, 1.165) is 23.4 Å².